The summed E-state index contributed by atoms with van der Waals surface area (Å²) in [5.41, 5.74) is 1.24. The minimum Gasteiger partial charge on any atom is -0.494 e. The van der Waals surface area contributed by atoms with Crippen molar-refractivity contribution in [2.45, 2.75) is 19.8 Å². The van der Waals surface area contributed by atoms with E-state index < -0.39 is 0 Å². The van der Waals surface area contributed by atoms with Gasteiger partial charge in [-0.15, -0.1) is 0 Å². The van der Waals surface area contributed by atoms with Gasteiger partial charge in [0.05, 0.1) is 25.8 Å². The van der Waals surface area contributed by atoms with Crippen LogP contribution in [-0.4, -0.2) is 29.5 Å². The highest BCUT2D eigenvalue weighted by molar-refractivity contribution is 5.97. The Morgan fingerprint density at radius 2 is 2.10 bits per heavy atom. The van der Waals surface area contributed by atoms with Crippen LogP contribution in [-0.2, 0) is 6.42 Å². The van der Waals surface area contributed by atoms with E-state index in [1.807, 2.05) is 19.1 Å². The molecule has 0 aliphatic carbocycles. The fourth-order valence-corrected chi connectivity index (χ4v) is 1.83. The highest BCUT2D eigenvalue weighted by Gasteiger charge is 2.10. The molecule has 2 rings (SSSR count). The van der Waals surface area contributed by atoms with Crippen LogP contribution in [0.2, 0.25) is 0 Å². The highest BCUT2D eigenvalue weighted by Crippen LogP contribution is 2.16. The first-order valence-corrected chi connectivity index (χ1v) is 6.84. The molecule has 0 radical (unpaired) electrons. The SMILES string of the molecule is CCCOc1cccc(C(=O)Cc2cc(OC)ncn2)c1. The molecule has 21 heavy (non-hydrogen) atoms. The van der Waals surface area contributed by atoms with Gasteiger partial charge in [0.2, 0.25) is 5.88 Å². The van der Waals surface area contributed by atoms with E-state index in [4.69, 9.17) is 9.47 Å². The monoisotopic (exact) mass is 286 g/mol. The summed E-state index contributed by atoms with van der Waals surface area (Å²) in [6, 6.07) is 8.87. The van der Waals surface area contributed by atoms with E-state index in [1.54, 1.807) is 18.2 Å². The third kappa shape index (κ3) is 4.27. The summed E-state index contributed by atoms with van der Waals surface area (Å²) in [5.74, 6) is 1.15. The van der Waals surface area contributed by atoms with Crippen LogP contribution in [0.25, 0.3) is 0 Å². The third-order valence-corrected chi connectivity index (χ3v) is 2.88. The van der Waals surface area contributed by atoms with E-state index in [1.165, 1.54) is 13.4 Å². The summed E-state index contributed by atoms with van der Waals surface area (Å²) in [6.07, 6.45) is 2.53. The van der Waals surface area contributed by atoms with Crippen LogP contribution >= 0.6 is 0 Å². The number of hydrogen-bond donors (Lipinski definition) is 0. The predicted octanol–water partition coefficient (Wildman–Crippen LogP) is 2.70. The number of ketones is 1. The minimum atomic E-state index is -0.0160. The Morgan fingerprint density at radius 3 is 2.86 bits per heavy atom. The first-order valence-electron chi connectivity index (χ1n) is 6.84. The standard InChI is InChI=1S/C16H18N2O3/c1-3-7-21-14-6-4-5-12(8-14)15(19)9-13-10-16(20-2)18-11-17-13/h4-6,8,10-11H,3,7,9H2,1-2H3. The van der Waals surface area contributed by atoms with Crippen molar-refractivity contribution in [3.63, 3.8) is 0 Å². The number of Topliss-reactive ketones (excluding diaryl/α,β-unsaturated/α-hetero) is 1. The lowest BCUT2D eigenvalue weighted by molar-refractivity contribution is 0.0991. The Morgan fingerprint density at radius 1 is 1.24 bits per heavy atom. The summed E-state index contributed by atoms with van der Waals surface area (Å²) in [7, 11) is 1.53. The topological polar surface area (TPSA) is 61.3 Å². The van der Waals surface area contributed by atoms with Crippen LogP contribution in [0, 0.1) is 0 Å². The molecule has 0 bridgehead atoms. The number of aromatic nitrogens is 2. The molecule has 0 spiro atoms. The van der Waals surface area contributed by atoms with Crippen LogP contribution in [0.3, 0.4) is 0 Å². The fraction of sp³-hybridized carbons (Fsp3) is 0.312. The van der Waals surface area contributed by atoms with E-state index in [0.717, 1.165) is 6.42 Å². The molecule has 2 aromatic rings. The molecule has 1 aromatic heterocycles. The van der Waals surface area contributed by atoms with Gasteiger partial charge in [-0.05, 0) is 18.6 Å². The van der Waals surface area contributed by atoms with Gasteiger partial charge < -0.3 is 9.47 Å². The van der Waals surface area contributed by atoms with Gasteiger partial charge in [-0.25, -0.2) is 9.97 Å². The van der Waals surface area contributed by atoms with E-state index in [0.29, 0.717) is 29.5 Å². The van der Waals surface area contributed by atoms with Gasteiger partial charge in [-0.3, -0.25) is 4.79 Å². The fourth-order valence-electron chi connectivity index (χ4n) is 1.83. The summed E-state index contributed by atoms with van der Waals surface area (Å²) in [5, 5.41) is 0. The van der Waals surface area contributed by atoms with Crippen molar-refractivity contribution in [2.24, 2.45) is 0 Å². The molecule has 1 aromatic carbocycles. The Kier molecular flexibility index (Phi) is 5.26. The smallest absolute Gasteiger partial charge is 0.216 e. The lowest BCUT2D eigenvalue weighted by Crippen LogP contribution is -2.06. The van der Waals surface area contributed by atoms with E-state index >= 15 is 0 Å². The highest BCUT2D eigenvalue weighted by atomic mass is 16.5. The molecule has 0 aliphatic rings. The zero-order valence-corrected chi connectivity index (χ0v) is 12.2. The number of carbonyl (C=O) groups is 1. The van der Waals surface area contributed by atoms with Crippen LogP contribution in [0.1, 0.15) is 29.4 Å². The molecule has 0 amide bonds. The number of methoxy groups -OCH3 is 1. The maximum Gasteiger partial charge on any atom is 0.216 e. The second-order valence-electron chi connectivity index (χ2n) is 4.53. The Labute approximate surface area is 124 Å². The Hall–Kier alpha value is -2.43. The summed E-state index contributed by atoms with van der Waals surface area (Å²) in [6.45, 7) is 2.68. The average Bonchev–Trinajstić information content (AvgIpc) is 2.53. The summed E-state index contributed by atoms with van der Waals surface area (Å²) < 4.78 is 10.6. The van der Waals surface area contributed by atoms with Gasteiger partial charge in [0.1, 0.15) is 12.1 Å². The normalized spacial score (nSPS) is 10.2. The van der Waals surface area contributed by atoms with Crippen LogP contribution in [0.15, 0.2) is 36.7 Å². The lowest BCUT2D eigenvalue weighted by Gasteiger charge is -2.07. The van der Waals surface area contributed by atoms with Crippen molar-refractivity contribution >= 4 is 5.78 Å². The molecule has 0 saturated heterocycles. The van der Waals surface area contributed by atoms with Crippen LogP contribution < -0.4 is 9.47 Å². The van der Waals surface area contributed by atoms with E-state index in [9.17, 15) is 4.79 Å². The number of hydrogen-bond acceptors (Lipinski definition) is 5. The second-order valence-corrected chi connectivity index (χ2v) is 4.53. The molecular weight excluding hydrogens is 268 g/mol. The average molecular weight is 286 g/mol. The number of rotatable bonds is 7. The van der Waals surface area contributed by atoms with Crippen molar-refractivity contribution < 1.29 is 14.3 Å². The van der Waals surface area contributed by atoms with Crippen molar-refractivity contribution in [3.8, 4) is 11.6 Å². The van der Waals surface area contributed by atoms with Gasteiger partial charge in [0, 0.05) is 11.6 Å². The van der Waals surface area contributed by atoms with Crippen LogP contribution in [0.5, 0.6) is 11.6 Å². The second kappa shape index (κ2) is 7.38. The Bertz CT molecular complexity index is 614. The summed E-state index contributed by atoms with van der Waals surface area (Å²) >= 11 is 0. The van der Waals surface area contributed by atoms with Crippen molar-refractivity contribution in [1.29, 1.82) is 0 Å². The van der Waals surface area contributed by atoms with Crippen LogP contribution in [0.4, 0.5) is 0 Å². The molecule has 0 N–H and O–H groups in total. The van der Waals surface area contributed by atoms with E-state index in [-0.39, 0.29) is 12.2 Å². The van der Waals surface area contributed by atoms with Gasteiger partial charge >= 0.3 is 0 Å². The molecule has 0 unspecified atom stereocenters. The van der Waals surface area contributed by atoms with Gasteiger partial charge in [-0.2, -0.15) is 0 Å². The molecule has 5 heteroatoms. The molecule has 1 heterocycles. The first kappa shape index (κ1) is 15.0. The van der Waals surface area contributed by atoms with Crippen molar-refractivity contribution in [3.05, 3.63) is 47.9 Å². The molecule has 110 valence electrons. The molecule has 0 fully saturated rings. The Balaban J connectivity index is 2.08. The molecule has 0 aliphatic heterocycles. The first-order chi connectivity index (χ1) is 10.2. The largest absolute Gasteiger partial charge is 0.494 e. The molecule has 0 atom stereocenters. The number of benzene rings is 1. The third-order valence-electron chi connectivity index (χ3n) is 2.88. The van der Waals surface area contributed by atoms with Crippen molar-refractivity contribution in [1.82, 2.24) is 9.97 Å². The van der Waals surface area contributed by atoms with E-state index in [2.05, 4.69) is 9.97 Å². The number of nitrogens with zero attached hydrogens (tertiary/aromatic N) is 2. The number of ether oxygens (including phenoxy) is 2. The van der Waals surface area contributed by atoms with Gasteiger partial charge in [-0.1, -0.05) is 19.1 Å². The maximum atomic E-state index is 12.3. The molecule has 5 nitrogen and oxygen atoms in total. The molecular formula is C16H18N2O3. The van der Waals surface area contributed by atoms with Gasteiger partial charge in [0.25, 0.3) is 0 Å². The zero-order valence-electron chi connectivity index (χ0n) is 12.2. The molecule has 0 saturated carbocycles. The minimum absolute atomic E-state index is 0.0160. The van der Waals surface area contributed by atoms with Gasteiger partial charge in [0.15, 0.2) is 5.78 Å². The lowest BCUT2D eigenvalue weighted by atomic mass is 10.1. The predicted molar refractivity (Wildman–Crippen MR) is 78.8 cm³/mol. The zero-order chi connectivity index (χ0) is 15.1. The van der Waals surface area contributed by atoms with Crippen molar-refractivity contribution in [2.75, 3.05) is 13.7 Å². The maximum absolute atomic E-state index is 12.3. The quantitative estimate of drug-likeness (QED) is 0.732. The summed E-state index contributed by atoms with van der Waals surface area (Å²) in [4.78, 5) is 20.3. The number of carbonyl (C=O) groups excluding carboxylic acids is 1.